The highest BCUT2D eigenvalue weighted by atomic mass is 32.2. The molecule has 0 saturated heterocycles. The fourth-order valence-electron chi connectivity index (χ4n) is 9.34. The van der Waals surface area contributed by atoms with Crippen molar-refractivity contribution in [1.29, 1.82) is 0 Å². The third-order valence-corrected chi connectivity index (χ3v) is 17.3. The monoisotopic (exact) mass is 1260 g/mol. The van der Waals surface area contributed by atoms with E-state index in [0.29, 0.717) is 113 Å². The van der Waals surface area contributed by atoms with Gasteiger partial charge in [-0.25, -0.2) is 0 Å². The summed E-state index contributed by atoms with van der Waals surface area (Å²) >= 11 is 4.97. The van der Waals surface area contributed by atoms with Crippen LogP contribution in [0.2, 0.25) is 0 Å². The molecule has 0 radical (unpaired) electrons. The lowest BCUT2D eigenvalue weighted by molar-refractivity contribution is -0.143. The summed E-state index contributed by atoms with van der Waals surface area (Å²) < 4.78 is 34.6. The Morgan fingerprint density at radius 3 is 0.747 bits per heavy atom. The number of nitrogens with zero attached hydrogens (tertiary/aromatic N) is 3. The maximum absolute atomic E-state index is 12.7. The van der Waals surface area contributed by atoms with E-state index in [1.54, 1.807) is 35.3 Å². The molecule has 4 aromatic rings. The van der Waals surface area contributed by atoms with Crippen LogP contribution in [0.25, 0.3) is 0 Å². The zero-order valence-electron chi connectivity index (χ0n) is 55.9. The molecule has 1 aromatic heterocycles. The lowest BCUT2D eigenvalue weighted by Crippen LogP contribution is -2.18. The van der Waals surface area contributed by atoms with Crippen LogP contribution in [0, 0.1) is 0 Å². The molecule has 15 nitrogen and oxygen atoms in total. The lowest BCUT2D eigenvalue weighted by Gasteiger charge is -2.28. The zero-order valence-corrected chi connectivity index (χ0v) is 58.3. The van der Waals surface area contributed by atoms with Crippen molar-refractivity contribution < 1.29 is 58.1 Å². The number of thioether (sulfide) groups is 3. The Hall–Kier alpha value is -5.07. The molecule has 3 N–H and O–H groups in total. The first-order valence-corrected chi connectivity index (χ1v) is 34.4. The predicted molar refractivity (Wildman–Crippen MR) is 356 cm³/mol. The highest BCUT2D eigenvalue weighted by Crippen LogP contribution is 2.43. The van der Waals surface area contributed by atoms with Gasteiger partial charge >= 0.3 is 35.9 Å². The lowest BCUT2D eigenvalue weighted by atomic mass is 9.78. The highest BCUT2D eigenvalue weighted by molar-refractivity contribution is 7.99. The number of carbonyl (C=O) groups is 3. The van der Waals surface area contributed by atoms with Gasteiger partial charge in [0, 0.05) is 36.5 Å². The Labute approximate surface area is 534 Å². The number of aryl methyl sites for hydroxylation is 3. The largest absolute Gasteiger partial charge is 0.507 e. The minimum Gasteiger partial charge on any atom is -0.507 e. The second kappa shape index (κ2) is 33.7. The van der Waals surface area contributed by atoms with Crippen molar-refractivity contribution in [3.63, 3.8) is 0 Å². The van der Waals surface area contributed by atoms with Gasteiger partial charge in [0.15, 0.2) is 0 Å². The SMILES string of the molecule is CC(C)(C)c1cc(CCC(=O)OCCSCCCOc2nc(OCCCSCCOC(=O)CCc3cc(C(C)(C)C)c(O)c(C(C)(C)C)c3)nc(OCCCSCCOC(=O)CCc3cc(C(C)(C)C)c(O)c(C(C)(C)C)c3)n2)cc(C(C)(C)C)c1O. The number of phenolic OH excluding ortho intramolecular Hbond substituents is 3. The van der Waals surface area contributed by atoms with Crippen molar-refractivity contribution in [3.05, 3.63) is 86.5 Å². The number of carbonyl (C=O) groups excluding carboxylic acids is 3. The summed E-state index contributed by atoms with van der Waals surface area (Å²) in [7, 11) is 0. The minimum atomic E-state index is -0.255. The first-order valence-electron chi connectivity index (χ1n) is 30.9. The van der Waals surface area contributed by atoms with E-state index in [9.17, 15) is 29.7 Å². The van der Waals surface area contributed by atoms with E-state index < -0.39 is 0 Å². The van der Waals surface area contributed by atoms with Crippen molar-refractivity contribution in [2.45, 2.75) is 215 Å². The normalized spacial score (nSPS) is 12.5. The van der Waals surface area contributed by atoms with Crippen LogP contribution in [0.3, 0.4) is 0 Å². The van der Waals surface area contributed by atoms with Gasteiger partial charge in [-0.3, -0.25) is 14.4 Å². The van der Waals surface area contributed by atoms with Crippen LogP contribution in [0.4, 0.5) is 0 Å². The first kappa shape index (κ1) is 74.4. The molecule has 3 aromatic carbocycles. The van der Waals surface area contributed by atoms with Gasteiger partial charge in [0.1, 0.15) is 37.1 Å². The number of esters is 3. The summed E-state index contributed by atoms with van der Waals surface area (Å²) in [5, 5.41) is 33.2. The zero-order chi connectivity index (χ0) is 65.0. The molecule has 0 aliphatic heterocycles. The van der Waals surface area contributed by atoms with Crippen LogP contribution in [0.15, 0.2) is 36.4 Å². The molecule has 0 unspecified atom stereocenters. The van der Waals surface area contributed by atoms with Crippen molar-refractivity contribution in [3.8, 4) is 35.3 Å². The summed E-state index contributed by atoms with van der Waals surface area (Å²) in [6.07, 6.45) is 4.39. The van der Waals surface area contributed by atoms with Gasteiger partial charge in [-0.15, -0.1) is 15.0 Å². The van der Waals surface area contributed by atoms with Crippen molar-refractivity contribution in [2.24, 2.45) is 0 Å². The van der Waals surface area contributed by atoms with Crippen LogP contribution >= 0.6 is 35.3 Å². The Bertz CT molecular complexity index is 2430. The van der Waals surface area contributed by atoms with Gasteiger partial charge in [0.2, 0.25) is 0 Å². The third-order valence-electron chi connectivity index (χ3n) is 14.2. The molecule has 0 amide bonds. The van der Waals surface area contributed by atoms with E-state index >= 15 is 0 Å². The van der Waals surface area contributed by atoms with Crippen LogP contribution in [0.5, 0.6) is 35.3 Å². The fourth-order valence-corrected chi connectivity index (χ4v) is 11.5. The molecule has 0 aliphatic carbocycles. The van der Waals surface area contributed by atoms with E-state index in [-0.39, 0.29) is 87.7 Å². The molecule has 0 bridgehead atoms. The fraction of sp³-hybridized carbons (Fsp3) is 0.652. The molecule has 0 spiro atoms. The molecule has 0 saturated carbocycles. The smallest absolute Gasteiger partial charge is 0.325 e. The molecule has 0 atom stereocenters. The van der Waals surface area contributed by atoms with Gasteiger partial charge < -0.3 is 43.7 Å². The molecule has 18 heteroatoms. The van der Waals surface area contributed by atoms with Crippen LogP contribution in [-0.4, -0.2) is 122 Å². The average molecular weight is 1260 g/mol. The average Bonchev–Trinajstić information content (AvgIpc) is 0.986. The second-order valence-electron chi connectivity index (χ2n) is 28.4. The van der Waals surface area contributed by atoms with Gasteiger partial charge in [-0.1, -0.05) is 161 Å². The predicted octanol–water partition coefficient (Wildman–Crippen LogP) is 14.8. The number of aromatic hydroxyl groups is 3. The van der Waals surface area contributed by atoms with Gasteiger partial charge in [-0.05, 0) is 138 Å². The standard InChI is InChI=1S/C69H105N3O12S3/c1-64(2,3)49-40-46(41-50(58(49)76)65(4,5)6)22-25-55(73)79-31-37-85-34-19-28-82-61-70-62(83-29-20-35-86-38-32-80-56(74)26-23-47-42-51(66(7,8)9)59(77)52(43-47)67(10,11)12)72-63(71-61)84-30-21-36-87-39-33-81-57(75)27-24-48-44-53(68(13,14)15)60(78)54(45-48)69(16,17)18/h40-45,76-78H,19-39H2,1-18H3. The number of benzene rings is 3. The number of rotatable bonds is 33. The van der Waals surface area contributed by atoms with Crippen molar-refractivity contribution in [2.75, 3.05) is 74.2 Å². The van der Waals surface area contributed by atoms with Gasteiger partial charge in [-0.2, -0.15) is 35.3 Å². The third kappa shape index (κ3) is 26.1. The van der Waals surface area contributed by atoms with Crippen molar-refractivity contribution >= 4 is 53.2 Å². The topological polar surface area (TPSA) is 206 Å². The van der Waals surface area contributed by atoms with E-state index in [1.807, 2.05) is 36.4 Å². The Morgan fingerprint density at radius 2 is 0.552 bits per heavy atom. The highest BCUT2D eigenvalue weighted by Gasteiger charge is 2.30. The molecule has 0 aliphatic rings. The Morgan fingerprint density at radius 1 is 0.345 bits per heavy atom. The number of hydrogen-bond donors (Lipinski definition) is 3. The molecule has 486 valence electrons. The van der Waals surface area contributed by atoms with Crippen LogP contribution in [0.1, 0.15) is 213 Å². The number of aromatic nitrogens is 3. The van der Waals surface area contributed by atoms with E-state index in [2.05, 4.69) is 140 Å². The van der Waals surface area contributed by atoms with Crippen LogP contribution in [-0.2, 0) is 80.3 Å². The van der Waals surface area contributed by atoms with E-state index in [0.717, 1.165) is 67.3 Å². The molecule has 1 heterocycles. The second-order valence-corrected chi connectivity index (χ2v) is 32.1. The van der Waals surface area contributed by atoms with Gasteiger partial charge in [0.05, 0.1) is 19.8 Å². The number of ether oxygens (including phenoxy) is 6. The number of hydrogen-bond acceptors (Lipinski definition) is 18. The molecular formula is C69H105N3O12S3. The summed E-state index contributed by atoms with van der Waals surface area (Å²) in [5.41, 5.74) is 6.76. The van der Waals surface area contributed by atoms with E-state index in [4.69, 9.17) is 28.4 Å². The summed E-state index contributed by atoms with van der Waals surface area (Å²) in [6.45, 7) is 39.3. The maximum atomic E-state index is 12.7. The minimum absolute atomic E-state index is 0.0866. The summed E-state index contributed by atoms with van der Waals surface area (Å²) in [5.74, 6) is 4.40. The summed E-state index contributed by atoms with van der Waals surface area (Å²) in [6, 6.07) is 12.3. The van der Waals surface area contributed by atoms with E-state index in [1.165, 1.54) is 0 Å². The maximum Gasteiger partial charge on any atom is 0.325 e. The van der Waals surface area contributed by atoms with Crippen molar-refractivity contribution in [1.82, 2.24) is 15.0 Å². The molecular weight excluding hydrogens is 1160 g/mol. The Kier molecular flexibility index (Phi) is 28.8. The first-order chi connectivity index (χ1) is 40.4. The number of phenols is 3. The molecule has 4 rings (SSSR count). The molecule has 0 fully saturated rings. The summed E-state index contributed by atoms with van der Waals surface area (Å²) in [4.78, 5) is 51.5. The van der Waals surface area contributed by atoms with Crippen LogP contribution < -0.4 is 14.2 Å². The molecule has 87 heavy (non-hydrogen) atoms. The van der Waals surface area contributed by atoms with Gasteiger partial charge in [0.25, 0.3) is 0 Å². The Balaban J connectivity index is 1.21. The quantitative estimate of drug-likeness (QED) is 0.0230.